The van der Waals surface area contributed by atoms with Crippen molar-refractivity contribution >= 4 is 11.6 Å². The van der Waals surface area contributed by atoms with E-state index in [4.69, 9.17) is 4.74 Å². The molecule has 1 atom stereocenters. The first-order valence-corrected chi connectivity index (χ1v) is 8.21. The molecule has 1 aromatic rings. The van der Waals surface area contributed by atoms with Crippen LogP contribution in [-0.2, 0) is 11.3 Å². The summed E-state index contributed by atoms with van der Waals surface area (Å²) in [5.41, 5.74) is 2.03. The minimum atomic E-state index is -0.0765. The molecule has 1 saturated heterocycles. The third-order valence-corrected chi connectivity index (χ3v) is 4.66. The molecule has 1 unspecified atom stereocenters. The molecule has 2 heterocycles. The van der Waals surface area contributed by atoms with Crippen LogP contribution < -0.4 is 10.1 Å². The molecule has 0 bridgehead atoms. The van der Waals surface area contributed by atoms with E-state index in [-0.39, 0.29) is 12.5 Å². The van der Waals surface area contributed by atoms with E-state index in [2.05, 4.69) is 35.0 Å². The van der Waals surface area contributed by atoms with E-state index >= 15 is 0 Å². The lowest BCUT2D eigenvalue weighted by Crippen LogP contribution is -2.37. The number of fused-ring (bicyclic) bond motifs is 1. The number of carbonyl (C=O) groups excluding carboxylic acids is 1. The van der Waals surface area contributed by atoms with Crippen molar-refractivity contribution in [2.75, 3.05) is 38.1 Å². The van der Waals surface area contributed by atoms with Gasteiger partial charge in [-0.25, -0.2) is 0 Å². The number of hydrogen-bond donors (Lipinski definition) is 1. The number of benzene rings is 1. The molecule has 1 aromatic carbocycles. The summed E-state index contributed by atoms with van der Waals surface area (Å²) in [6.07, 6.45) is 1.24. The number of rotatable bonds is 5. The first-order valence-electron chi connectivity index (χ1n) is 8.21. The monoisotopic (exact) mass is 303 g/mol. The van der Waals surface area contributed by atoms with E-state index in [1.807, 2.05) is 12.1 Å². The second-order valence-corrected chi connectivity index (χ2v) is 6.07. The second kappa shape index (κ2) is 6.67. The minimum Gasteiger partial charge on any atom is -0.482 e. The summed E-state index contributed by atoms with van der Waals surface area (Å²) < 4.78 is 5.41. The summed E-state index contributed by atoms with van der Waals surface area (Å²) in [6.45, 7) is 10.0. The Morgan fingerprint density at radius 1 is 1.36 bits per heavy atom. The van der Waals surface area contributed by atoms with Crippen molar-refractivity contribution in [2.45, 2.75) is 32.9 Å². The van der Waals surface area contributed by atoms with Crippen LogP contribution >= 0.6 is 0 Å². The summed E-state index contributed by atoms with van der Waals surface area (Å²) in [4.78, 5) is 16.5. The molecular formula is C17H25N3O2. The molecular weight excluding hydrogens is 278 g/mol. The molecule has 2 aliphatic rings. The molecule has 5 heteroatoms. The van der Waals surface area contributed by atoms with Gasteiger partial charge in [0.2, 0.25) is 0 Å². The molecule has 3 rings (SSSR count). The van der Waals surface area contributed by atoms with E-state index in [9.17, 15) is 4.79 Å². The molecule has 1 amide bonds. The summed E-state index contributed by atoms with van der Waals surface area (Å²) in [7, 11) is 0. The number of likely N-dealkylation sites (tertiary alicyclic amines) is 1. The average Bonchev–Trinajstić information content (AvgIpc) is 2.96. The van der Waals surface area contributed by atoms with E-state index in [0.29, 0.717) is 6.04 Å². The fourth-order valence-corrected chi connectivity index (χ4v) is 3.48. The van der Waals surface area contributed by atoms with Crippen LogP contribution in [0.3, 0.4) is 0 Å². The second-order valence-electron chi connectivity index (χ2n) is 6.07. The van der Waals surface area contributed by atoms with Crippen molar-refractivity contribution < 1.29 is 9.53 Å². The standard InChI is InChI=1S/C17H25N3O2/c1-3-20(4-2)14-7-8-19(11-14)10-13-5-6-16-15(9-13)18-17(21)12-22-16/h5-6,9,14H,3-4,7-8,10-12H2,1-2H3,(H,18,21). The van der Waals surface area contributed by atoms with Gasteiger partial charge in [-0.05, 0) is 37.2 Å². The number of hydrogen-bond acceptors (Lipinski definition) is 4. The van der Waals surface area contributed by atoms with Crippen molar-refractivity contribution in [1.82, 2.24) is 9.80 Å². The molecule has 0 radical (unpaired) electrons. The van der Waals surface area contributed by atoms with Crippen LogP contribution in [0.4, 0.5) is 5.69 Å². The highest BCUT2D eigenvalue weighted by molar-refractivity contribution is 5.95. The number of carbonyl (C=O) groups is 1. The van der Waals surface area contributed by atoms with Gasteiger partial charge in [0.25, 0.3) is 5.91 Å². The lowest BCUT2D eigenvalue weighted by Gasteiger charge is -2.26. The molecule has 2 aliphatic heterocycles. The average molecular weight is 303 g/mol. The van der Waals surface area contributed by atoms with Crippen LogP contribution in [0.25, 0.3) is 0 Å². The smallest absolute Gasteiger partial charge is 0.262 e. The molecule has 0 aliphatic carbocycles. The van der Waals surface area contributed by atoms with Gasteiger partial charge in [-0.3, -0.25) is 14.6 Å². The number of amides is 1. The van der Waals surface area contributed by atoms with E-state index in [1.54, 1.807) is 0 Å². The molecule has 5 nitrogen and oxygen atoms in total. The lowest BCUT2D eigenvalue weighted by atomic mass is 10.1. The van der Waals surface area contributed by atoms with Crippen LogP contribution in [-0.4, -0.2) is 54.5 Å². The largest absolute Gasteiger partial charge is 0.482 e. The Hall–Kier alpha value is -1.59. The molecule has 1 fully saturated rings. The highest BCUT2D eigenvalue weighted by Gasteiger charge is 2.26. The van der Waals surface area contributed by atoms with Gasteiger partial charge in [0.05, 0.1) is 5.69 Å². The van der Waals surface area contributed by atoms with Crippen LogP contribution in [0.1, 0.15) is 25.8 Å². The Bertz CT molecular complexity index is 543. The van der Waals surface area contributed by atoms with E-state index in [0.717, 1.165) is 44.2 Å². The Morgan fingerprint density at radius 3 is 2.95 bits per heavy atom. The van der Waals surface area contributed by atoms with Crippen molar-refractivity contribution in [3.63, 3.8) is 0 Å². The zero-order chi connectivity index (χ0) is 15.5. The molecule has 0 aromatic heterocycles. The number of nitrogens with zero attached hydrogens (tertiary/aromatic N) is 2. The maximum absolute atomic E-state index is 11.4. The van der Waals surface area contributed by atoms with Gasteiger partial charge < -0.3 is 10.1 Å². The molecule has 0 saturated carbocycles. The van der Waals surface area contributed by atoms with Crippen molar-refractivity contribution in [2.24, 2.45) is 0 Å². The molecule has 0 spiro atoms. The first-order chi connectivity index (χ1) is 10.7. The number of nitrogens with one attached hydrogen (secondary N) is 1. The van der Waals surface area contributed by atoms with Crippen molar-refractivity contribution in [3.8, 4) is 5.75 Å². The molecule has 22 heavy (non-hydrogen) atoms. The Kier molecular flexibility index (Phi) is 4.64. The van der Waals surface area contributed by atoms with Gasteiger partial charge in [0.15, 0.2) is 6.61 Å². The van der Waals surface area contributed by atoms with Crippen LogP contribution in [0, 0.1) is 0 Å². The minimum absolute atomic E-state index is 0.0765. The van der Waals surface area contributed by atoms with Gasteiger partial charge in [-0.2, -0.15) is 0 Å². The summed E-state index contributed by atoms with van der Waals surface area (Å²) >= 11 is 0. The predicted octanol–water partition coefficient (Wildman–Crippen LogP) is 1.93. The number of likely N-dealkylation sites (N-methyl/N-ethyl adjacent to an activating group) is 1. The predicted molar refractivity (Wildman–Crippen MR) is 87.2 cm³/mol. The fourth-order valence-electron chi connectivity index (χ4n) is 3.48. The highest BCUT2D eigenvalue weighted by Crippen LogP contribution is 2.29. The van der Waals surface area contributed by atoms with Gasteiger partial charge in [-0.15, -0.1) is 0 Å². The molecule has 120 valence electrons. The van der Waals surface area contributed by atoms with Crippen molar-refractivity contribution in [1.29, 1.82) is 0 Å². The Balaban J connectivity index is 1.62. The van der Waals surface area contributed by atoms with E-state index < -0.39 is 0 Å². The van der Waals surface area contributed by atoms with Crippen LogP contribution in [0.5, 0.6) is 5.75 Å². The van der Waals surface area contributed by atoms with Gasteiger partial charge in [0.1, 0.15) is 5.75 Å². The number of anilines is 1. The third kappa shape index (κ3) is 3.25. The summed E-state index contributed by atoms with van der Waals surface area (Å²) in [5.74, 6) is 0.693. The van der Waals surface area contributed by atoms with Gasteiger partial charge >= 0.3 is 0 Å². The topological polar surface area (TPSA) is 44.8 Å². The van der Waals surface area contributed by atoms with Gasteiger partial charge in [-0.1, -0.05) is 19.9 Å². The normalized spacial score (nSPS) is 21.6. The fraction of sp³-hybridized carbons (Fsp3) is 0.588. The Morgan fingerprint density at radius 2 is 2.18 bits per heavy atom. The van der Waals surface area contributed by atoms with Gasteiger partial charge in [0, 0.05) is 25.7 Å². The van der Waals surface area contributed by atoms with E-state index in [1.165, 1.54) is 12.0 Å². The SMILES string of the molecule is CCN(CC)C1CCN(Cc2ccc3c(c2)NC(=O)CO3)C1. The summed E-state index contributed by atoms with van der Waals surface area (Å²) in [5, 5.41) is 2.88. The Labute approximate surface area is 132 Å². The maximum atomic E-state index is 11.4. The molecule has 1 N–H and O–H groups in total. The quantitative estimate of drug-likeness (QED) is 0.903. The number of ether oxygens (including phenoxy) is 1. The van der Waals surface area contributed by atoms with Crippen LogP contribution in [0.2, 0.25) is 0 Å². The summed E-state index contributed by atoms with van der Waals surface area (Å²) in [6, 6.07) is 6.77. The zero-order valence-corrected chi connectivity index (χ0v) is 13.5. The first kappa shape index (κ1) is 15.3. The highest BCUT2D eigenvalue weighted by atomic mass is 16.5. The third-order valence-electron chi connectivity index (χ3n) is 4.66. The van der Waals surface area contributed by atoms with Crippen molar-refractivity contribution in [3.05, 3.63) is 23.8 Å². The maximum Gasteiger partial charge on any atom is 0.262 e. The zero-order valence-electron chi connectivity index (χ0n) is 13.5. The lowest BCUT2D eigenvalue weighted by molar-refractivity contribution is -0.118. The van der Waals surface area contributed by atoms with Crippen LogP contribution in [0.15, 0.2) is 18.2 Å².